The fourth-order valence-electron chi connectivity index (χ4n) is 3.17. The van der Waals surface area contributed by atoms with E-state index in [-0.39, 0.29) is 6.10 Å². The van der Waals surface area contributed by atoms with Gasteiger partial charge in [0.15, 0.2) is 5.69 Å². The summed E-state index contributed by atoms with van der Waals surface area (Å²) in [5, 5.41) is 9.31. The Morgan fingerprint density at radius 2 is 1.93 bits per heavy atom. The Morgan fingerprint density at radius 3 is 2.78 bits per heavy atom. The molecule has 0 aliphatic carbocycles. The second-order valence-corrected chi connectivity index (χ2v) is 6.78. The summed E-state index contributed by atoms with van der Waals surface area (Å²) in [6, 6.07) is 19.4. The quantitative estimate of drug-likeness (QED) is 0.524. The Hall–Kier alpha value is -2.96. The van der Waals surface area contributed by atoms with Gasteiger partial charge in [0.2, 0.25) is 5.82 Å². The number of ether oxygens (including phenoxy) is 1. The lowest BCUT2D eigenvalue weighted by atomic mass is 10.1. The molecule has 0 saturated heterocycles. The van der Waals surface area contributed by atoms with Gasteiger partial charge in [0.1, 0.15) is 6.10 Å². The SMILES string of the molecule is Clc1cccc(-c2noc(-c3cc4n(n3)C[C@@H](c3ccccc3)OC4)n2)c1. The highest BCUT2D eigenvalue weighted by atomic mass is 35.5. The zero-order chi connectivity index (χ0) is 18.2. The predicted octanol–water partition coefficient (Wildman–Crippen LogP) is 4.53. The third kappa shape index (κ3) is 3.13. The molecule has 1 atom stereocenters. The van der Waals surface area contributed by atoms with Crippen molar-refractivity contribution in [2.75, 3.05) is 0 Å². The Morgan fingerprint density at radius 1 is 1.04 bits per heavy atom. The van der Waals surface area contributed by atoms with Crippen molar-refractivity contribution in [2.45, 2.75) is 19.3 Å². The number of fused-ring (bicyclic) bond motifs is 1. The van der Waals surface area contributed by atoms with E-state index in [4.69, 9.17) is 20.9 Å². The molecule has 3 heterocycles. The molecular formula is C20H15ClN4O2. The number of halogens is 1. The topological polar surface area (TPSA) is 66.0 Å². The first-order chi connectivity index (χ1) is 13.3. The van der Waals surface area contributed by atoms with Crippen LogP contribution in [0.3, 0.4) is 0 Å². The van der Waals surface area contributed by atoms with Crippen LogP contribution >= 0.6 is 11.6 Å². The molecule has 27 heavy (non-hydrogen) atoms. The molecule has 0 spiro atoms. The van der Waals surface area contributed by atoms with Crippen LogP contribution in [0.2, 0.25) is 5.02 Å². The monoisotopic (exact) mass is 378 g/mol. The van der Waals surface area contributed by atoms with E-state index in [9.17, 15) is 0 Å². The molecule has 134 valence electrons. The van der Waals surface area contributed by atoms with Crippen LogP contribution in [0.25, 0.3) is 23.0 Å². The first kappa shape index (κ1) is 16.2. The minimum absolute atomic E-state index is 0.0174. The first-order valence-electron chi connectivity index (χ1n) is 8.59. The number of hydrogen-bond acceptors (Lipinski definition) is 5. The van der Waals surface area contributed by atoms with Crippen molar-refractivity contribution in [3.05, 3.63) is 76.9 Å². The van der Waals surface area contributed by atoms with E-state index in [0.717, 1.165) is 16.8 Å². The predicted molar refractivity (Wildman–Crippen MR) is 99.9 cm³/mol. The molecule has 0 amide bonds. The summed E-state index contributed by atoms with van der Waals surface area (Å²) in [5.74, 6) is 0.861. The minimum Gasteiger partial charge on any atom is -0.365 e. The summed E-state index contributed by atoms with van der Waals surface area (Å²) in [6.07, 6.45) is -0.0174. The standard InChI is InChI=1S/C20H15ClN4O2/c21-15-8-4-7-14(9-15)19-22-20(27-24-19)17-10-16-12-26-18(11-25(16)23-17)13-5-2-1-3-6-13/h1-10,18H,11-12H2/t18-/m0/s1. The molecule has 0 bridgehead atoms. The fourth-order valence-corrected chi connectivity index (χ4v) is 3.36. The summed E-state index contributed by atoms with van der Waals surface area (Å²) in [7, 11) is 0. The molecule has 2 aromatic heterocycles. The third-order valence-electron chi connectivity index (χ3n) is 4.53. The highest BCUT2D eigenvalue weighted by Crippen LogP contribution is 2.29. The molecule has 0 saturated carbocycles. The van der Waals surface area contributed by atoms with Crippen molar-refractivity contribution in [1.29, 1.82) is 0 Å². The van der Waals surface area contributed by atoms with E-state index >= 15 is 0 Å². The normalized spacial score (nSPS) is 16.3. The van der Waals surface area contributed by atoms with Crippen LogP contribution in [0.1, 0.15) is 17.4 Å². The molecule has 1 aliphatic heterocycles. The Bertz CT molecular complexity index is 1090. The first-order valence-corrected chi connectivity index (χ1v) is 8.97. The van der Waals surface area contributed by atoms with Crippen molar-refractivity contribution in [3.8, 4) is 23.0 Å². The van der Waals surface area contributed by atoms with Gasteiger partial charge in [-0.05, 0) is 23.8 Å². The van der Waals surface area contributed by atoms with E-state index in [2.05, 4.69) is 27.4 Å². The van der Waals surface area contributed by atoms with Gasteiger partial charge in [-0.2, -0.15) is 10.1 Å². The molecule has 7 heteroatoms. The highest BCUT2D eigenvalue weighted by molar-refractivity contribution is 6.30. The molecule has 2 aromatic carbocycles. The second-order valence-electron chi connectivity index (χ2n) is 6.35. The molecule has 1 aliphatic rings. The van der Waals surface area contributed by atoms with Gasteiger partial charge in [0.05, 0.1) is 18.8 Å². The molecule has 0 unspecified atom stereocenters. The number of hydrogen-bond donors (Lipinski definition) is 0. The van der Waals surface area contributed by atoms with Crippen LogP contribution in [-0.4, -0.2) is 19.9 Å². The maximum Gasteiger partial charge on any atom is 0.278 e. The summed E-state index contributed by atoms with van der Waals surface area (Å²) in [6.45, 7) is 1.14. The van der Waals surface area contributed by atoms with Gasteiger partial charge >= 0.3 is 0 Å². The van der Waals surface area contributed by atoms with Gasteiger partial charge in [0.25, 0.3) is 5.89 Å². The van der Waals surface area contributed by atoms with Crippen molar-refractivity contribution in [1.82, 2.24) is 19.9 Å². The van der Waals surface area contributed by atoms with E-state index in [1.165, 1.54) is 0 Å². The summed E-state index contributed by atoms with van der Waals surface area (Å²) in [5.41, 5.74) is 3.57. The van der Waals surface area contributed by atoms with Crippen molar-refractivity contribution >= 4 is 11.6 Å². The average molecular weight is 379 g/mol. The fraction of sp³-hybridized carbons (Fsp3) is 0.150. The second kappa shape index (κ2) is 6.64. The zero-order valence-corrected chi connectivity index (χ0v) is 15.0. The van der Waals surface area contributed by atoms with Crippen LogP contribution in [-0.2, 0) is 17.9 Å². The minimum atomic E-state index is -0.0174. The number of benzene rings is 2. The smallest absolute Gasteiger partial charge is 0.278 e. The third-order valence-corrected chi connectivity index (χ3v) is 4.77. The molecule has 5 rings (SSSR count). The lowest BCUT2D eigenvalue weighted by Crippen LogP contribution is -2.21. The molecular weight excluding hydrogens is 364 g/mol. The van der Waals surface area contributed by atoms with Gasteiger partial charge in [-0.3, -0.25) is 4.68 Å². The number of nitrogens with zero attached hydrogens (tertiary/aromatic N) is 4. The van der Waals surface area contributed by atoms with E-state index in [0.29, 0.717) is 35.6 Å². The van der Waals surface area contributed by atoms with Gasteiger partial charge in [-0.1, -0.05) is 59.2 Å². The number of rotatable bonds is 3. The zero-order valence-electron chi connectivity index (χ0n) is 14.2. The van der Waals surface area contributed by atoms with E-state index in [1.54, 1.807) is 12.1 Å². The lowest BCUT2D eigenvalue weighted by molar-refractivity contribution is -0.00113. The van der Waals surface area contributed by atoms with Crippen molar-refractivity contribution in [2.24, 2.45) is 0 Å². The van der Waals surface area contributed by atoms with Crippen LogP contribution in [0, 0.1) is 0 Å². The largest absolute Gasteiger partial charge is 0.365 e. The van der Waals surface area contributed by atoms with Gasteiger partial charge in [-0.15, -0.1) is 0 Å². The van der Waals surface area contributed by atoms with E-state index in [1.807, 2.05) is 41.1 Å². The highest BCUT2D eigenvalue weighted by Gasteiger charge is 2.24. The van der Waals surface area contributed by atoms with Crippen LogP contribution in [0.5, 0.6) is 0 Å². The van der Waals surface area contributed by atoms with E-state index < -0.39 is 0 Å². The maximum absolute atomic E-state index is 6.04. The van der Waals surface area contributed by atoms with Crippen LogP contribution in [0.15, 0.2) is 65.2 Å². The Kier molecular flexibility index (Phi) is 3.99. The van der Waals surface area contributed by atoms with Crippen molar-refractivity contribution in [3.63, 3.8) is 0 Å². The van der Waals surface area contributed by atoms with Crippen LogP contribution in [0.4, 0.5) is 0 Å². The lowest BCUT2D eigenvalue weighted by Gasteiger charge is -2.24. The molecule has 0 radical (unpaired) electrons. The summed E-state index contributed by atoms with van der Waals surface area (Å²) < 4.78 is 13.3. The van der Waals surface area contributed by atoms with Gasteiger partial charge in [0, 0.05) is 10.6 Å². The number of aromatic nitrogens is 4. The maximum atomic E-state index is 6.04. The molecule has 0 N–H and O–H groups in total. The van der Waals surface area contributed by atoms with Gasteiger partial charge < -0.3 is 9.26 Å². The molecule has 6 nitrogen and oxygen atoms in total. The summed E-state index contributed by atoms with van der Waals surface area (Å²) in [4.78, 5) is 4.46. The molecule has 4 aromatic rings. The molecule has 0 fully saturated rings. The van der Waals surface area contributed by atoms with Crippen LogP contribution < -0.4 is 0 Å². The Balaban J connectivity index is 1.41. The summed E-state index contributed by atoms with van der Waals surface area (Å²) >= 11 is 6.04. The van der Waals surface area contributed by atoms with Crippen molar-refractivity contribution < 1.29 is 9.26 Å². The average Bonchev–Trinajstić information content (AvgIpc) is 3.35. The Labute approximate surface area is 160 Å². The van der Waals surface area contributed by atoms with Gasteiger partial charge in [-0.25, -0.2) is 0 Å².